The molecule has 1 aromatic carbocycles. The summed E-state index contributed by atoms with van der Waals surface area (Å²) in [5.41, 5.74) is 0.821. The Balaban J connectivity index is 2.21. The maximum absolute atomic E-state index is 12.3. The predicted octanol–water partition coefficient (Wildman–Crippen LogP) is 2.44. The van der Waals surface area contributed by atoms with Gasteiger partial charge in [0.1, 0.15) is 0 Å². The first-order valence-electron chi connectivity index (χ1n) is 6.03. The van der Waals surface area contributed by atoms with Gasteiger partial charge in [0.05, 0.1) is 16.8 Å². The number of benzene rings is 1. The number of rotatable bonds is 3. The van der Waals surface area contributed by atoms with E-state index in [2.05, 4.69) is 5.32 Å². The molecule has 0 aromatic heterocycles. The summed E-state index contributed by atoms with van der Waals surface area (Å²) in [6.07, 6.45) is 1.92. The zero-order chi connectivity index (χ0) is 12.3. The average molecular weight is 253 g/mol. The second-order valence-corrected chi connectivity index (χ2v) is 4.60. The average Bonchev–Trinajstić information content (AvgIpc) is 2.33. The highest BCUT2D eigenvalue weighted by Gasteiger charge is 2.29. The lowest BCUT2D eigenvalue weighted by Gasteiger charge is -2.33. The Bertz CT molecular complexity index is 406. The number of anilines is 1. The minimum Gasteiger partial charge on any atom is -0.310 e. The number of halogens is 1. The van der Waals surface area contributed by atoms with Gasteiger partial charge in [-0.05, 0) is 31.5 Å². The van der Waals surface area contributed by atoms with Gasteiger partial charge < -0.3 is 10.2 Å². The smallest absolute Gasteiger partial charge is 0.244 e. The highest BCUT2D eigenvalue weighted by atomic mass is 35.5. The highest BCUT2D eigenvalue weighted by molar-refractivity contribution is 6.33. The molecule has 1 unspecified atom stereocenters. The van der Waals surface area contributed by atoms with Crippen LogP contribution in [0.5, 0.6) is 0 Å². The van der Waals surface area contributed by atoms with Crippen LogP contribution >= 0.6 is 11.6 Å². The van der Waals surface area contributed by atoms with Crippen molar-refractivity contribution < 1.29 is 4.79 Å². The van der Waals surface area contributed by atoms with Crippen LogP contribution in [0.15, 0.2) is 24.3 Å². The summed E-state index contributed by atoms with van der Waals surface area (Å²) < 4.78 is 0. The fourth-order valence-electron chi connectivity index (χ4n) is 2.22. The van der Waals surface area contributed by atoms with Crippen molar-refractivity contribution in [1.29, 1.82) is 0 Å². The number of likely N-dealkylation sites (N-methyl/N-ethyl adjacent to an activating group) is 1. The lowest BCUT2D eigenvalue weighted by Crippen LogP contribution is -2.50. The van der Waals surface area contributed by atoms with Gasteiger partial charge >= 0.3 is 0 Å². The highest BCUT2D eigenvalue weighted by Crippen LogP contribution is 2.28. The molecule has 1 fully saturated rings. The Hall–Kier alpha value is -1.06. The zero-order valence-corrected chi connectivity index (χ0v) is 10.7. The number of para-hydroxylation sites is 1. The summed E-state index contributed by atoms with van der Waals surface area (Å²) in [7, 11) is 0. The first-order valence-corrected chi connectivity index (χ1v) is 6.41. The van der Waals surface area contributed by atoms with E-state index >= 15 is 0 Å². The molecule has 1 aliphatic rings. The minimum atomic E-state index is -0.0648. The van der Waals surface area contributed by atoms with E-state index in [1.807, 2.05) is 31.2 Å². The Morgan fingerprint density at radius 1 is 1.47 bits per heavy atom. The van der Waals surface area contributed by atoms with E-state index in [1.165, 1.54) is 0 Å². The van der Waals surface area contributed by atoms with Crippen molar-refractivity contribution in [2.45, 2.75) is 25.8 Å². The molecule has 0 spiro atoms. The van der Waals surface area contributed by atoms with E-state index in [9.17, 15) is 4.79 Å². The third-order valence-electron chi connectivity index (χ3n) is 3.03. The van der Waals surface area contributed by atoms with Crippen molar-refractivity contribution >= 4 is 23.2 Å². The third kappa shape index (κ3) is 2.61. The summed E-state index contributed by atoms with van der Waals surface area (Å²) in [6, 6.07) is 7.44. The molecule has 1 aromatic rings. The van der Waals surface area contributed by atoms with Crippen LogP contribution in [0.2, 0.25) is 5.02 Å². The van der Waals surface area contributed by atoms with Gasteiger partial charge in [-0.15, -0.1) is 0 Å². The first-order chi connectivity index (χ1) is 8.24. The van der Waals surface area contributed by atoms with Gasteiger partial charge in [-0.3, -0.25) is 4.79 Å². The molecule has 1 atom stereocenters. The Morgan fingerprint density at radius 3 is 2.94 bits per heavy atom. The van der Waals surface area contributed by atoms with Crippen LogP contribution in [0.4, 0.5) is 5.69 Å². The number of amides is 1. The van der Waals surface area contributed by atoms with Crippen molar-refractivity contribution in [2.24, 2.45) is 0 Å². The van der Waals surface area contributed by atoms with Crippen molar-refractivity contribution in [3.8, 4) is 0 Å². The lowest BCUT2D eigenvalue weighted by molar-refractivity contribution is -0.121. The normalized spacial score (nSPS) is 20.7. The predicted molar refractivity (Wildman–Crippen MR) is 70.5 cm³/mol. The van der Waals surface area contributed by atoms with E-state index in [0.29, 0.717) is 5.02 Å². The number of carbonyl (C=O) groups excluding carboxylic acids is 1. The molecular formula is C13H17ClN2O. The molecule has 0 radical (unpaired) electrons. The van der Waals surface area contributed by atoms with E-state index in [-0.39, 0.29) is 11.9 Å². The summed E-state index contributed by atoms with van der Waals surface area (Å²) >= 11 is 6.13. The molecule has 0 bridgehead atoms. The quantitative estimate of drug-likeness (QED) is 0.896. The van der Waals surface area contributed by atoms with Crippen LogP contribution in [0.1, 0.15) is 19.8 Å². The summed E-state index contributed by atoms with van der Waals surface area (Å²) in [4.78, 5) is 14.1. The van der Waals surface area contributed by atoms with E-state index in [4.69, 9.17) is 11.6 Å². The monoisotopic (exact) mass is 252 g/mol. The minimum absolute atomic E-state index is 0.0648. The van der Waals surface area contributed by atoms with E-state index in [1.54, 1.807) is 4.90 Å². The number of hydrogen-bond donors (Lipinski definition) is 1. The Morgan fingerprint density at radius 2 is 2.24 bits per heavy atom. The number of piperidine rings is 1. The van der Waals surface area contributed by atoms with Gasteiger partial charge in [0.15, 0.2) is 0 Å². The molecule has 4 heteroatoms. The van der Waals surface area contributed by atoms with Crippen LogP contribution in [0, 0.1) is 0 Å². The van der Waals surface area contributed by atoms with E-state index < -0.39 is 0 Å². The van der Waals surface area contributed by atoms with Crippen molar-refractivity contribution in [1.82, 2.24) is 5.32 Å². The first kappa shape index (κ1) is 12.4. The maximum Gasteiger partial charge on any atom is 0.244 e. The topological polar surface area (TPSA) is 32.3 Å². The van der Waals surface area contributed by atoms with Crippen molar-refractivity contribution in [3.63, 3.8) is 0 Å². The molecule has 1 amide bonds. The number of carbonyl (C=O) groups is 1. The molecule has 0 saturated carbocycles. The molecule has 0 aliphatic carbocycles. The fourth-order valence-corrected chi connectivity index (χ4v) is 2.46. The van der Waals surface area contributed by atoms with Gasteiger partial charge in [-0.25, -0.2) is 0 Å². The van der Waals surface area contributed by atoms with Gasteiger partial charge in [0.25, 0.3) is 0 Å². The largest absolute Gasteiger partial charge is 0.310 e. The molecule has 1 aliphatic heterocycles. The molecule has 2 rings (SSSR count). The van der Waals surface area contributed by atoms with Gasteiger partial charge in [0.2, 0.25) is 5.91 Å². The summed E-state index contributed by atoms with van der Waals surface area (Å²) in [5, 5.41) is 3.86. The zero-order valence-electron chi connectivity index (χ0n) is 9.95. The SMILES string of the molecule is CCNC1CCCN(c2ccccc2Cl)C1=O. The van der Waals surface area contributed by atoms with Gasteiger partial charge in [-0.2, -0.15) is 0 Å². The number of nitrogens with zero attached hydrogens (tertiary/aromatic N) is 1. The van der Waals surface area contributed by atoms with Crippen LogP contribution in [0.3, 0.4) is 0 Å². The van der Waals surface area contributed by atoms with Crippen LogP contribution in [-0.4, -0.2) is 25.0 Å². The number of hydrogen-bond acceptors (Lipinski definition) is 2. The van der Waals surface area contributed by atoms with Gasteiger partial charge in [0, 0.05) is 6.54 Å². The molecule has 1 saturated heterocycles. The molecule has 1 heterocycles. The molecule has 1 N–H and O–H groups in total. The number of nitrogens with one attached hydrogen (secondary N) is 1. The van der Waals surface area contributed by atoms with E-state index in [0.717, 1.165) is 31.6 Å². The molecular weight excluding hydrogens is 236 g/mol. The third-order valence-corrected chi connectivity index (χ3v) is 3.35. The van der Waals surface area contributed by atoms with Crippen LogP contribution < -0.4 is 10.2 Å². The second-order valence-electron chi connectivity index (χ2n) is 4.19. The fraction of sp³-hybridized carbons (Fsp3) is 0.462. The van der Waals surface area contributed by atoms with Crippen molar-refractivity contribution in [3.05, 3.63) is 29.3 Å². The summed E-state index contributed by atoms with van der Waals surface area (Å²) in [6.45, 7) is 3.58. The molecule has 92 valence electrons. The maximum atomic E-state index is 12.3. The lowest BCUT2D eigenvalue weighted by atomic mass is 10.0. The summed E-state index contributed by atoms with van der Waals surface area (Å²) in [5.74, 6) is 0.131. The van der Waals surface area contributed by atoms with Crippen LogP contribution in [0.25, 0.3) is 0 Å². The molecule has 3 nitrogen and oxygen atoms in total. The van der Waals surface area contributed by atoms with Crippen molar-refractivity contribution in [2.75, 3.05) is 18.0 Å². The Labute approximate surface area is 107 Å². The molecule has 17 heavy (non-hydrogen) atoms. The van der Waals surface area contributed by atoms with Crippen LogP contribution in [-0.2, 0) is 4.79 Å². The standard InChI is InChI=1S/C13H17ClN2O/c1-2-15-11-7-5-9-16(13(11)17)12-8-4-3-6-10(12)14/h3-4,6,8,11,15H,2,5,7,9H2,1H3. The second kappa shape index (κ2) is 5.52. The van der Waals surface area contributed by atoms with Gasteiger partial charge in [-0.1, -0.05) is 30.7 Å². The Kier molecular flexibility index (Phi) is 4.02.